The molecule has 1 amide bonds. The molecule has 1 unspecified atom stereocenters. The summed E-state index contributed by atoms with van der Waals surface area (Å²) in [5, 5.41) is 3.41. The van der Waals surface area contributed by atoms with Crippen LogP contribution >= 0.6 is 11.6 Å². The van der Waals surface area contributed by atoms with Gasteiger partial charge in [-0.05, 0) is 25.0 Å². The molecule has 28 heavy (non-hydrogen) atoms. The monoisotopic (exact) mass is 407 g/mol. The third-order valence-electron chi connectivity index (χ3n) is 4.46. The van der Waals surface area contributed by atoms with Gasteiger partial charge < -0.3 is 16.0 Å². The highest BCUT2D eigenvalue weighted by atomic mass is 35.5. The third kappa shape index (κ3) is 4.95. The molecule has 1 aromatic heterocycles. The van der Waals surface area contributed by atoms with E-state index >= 15 is 0 Å². The van der Waals surface area contributed by atoms with Crippen molar-refractivity contribution in [1.82, 2.24) is 14.9 Å². The van der Waals surface area contributed by atoms with Crippen molar-refractivity contribution >= 4 is 29.0 Å². The highest BCUT2D eigenvalue weighted by Gasteiger charge is 2.19. The number of likely N-dealkylation sites (N-methyl/N-ethyl adjacent to an activating group) is 1. The number of unbranched alkanes of at least 4 members (excludes halogenated alkanes) is 1. The fourth-order valence-corrected chi connectivity index (χ4v) is 3.27. The van der Waals surface area contributed by atoms with E-state index in [9.17, 15) is 14.4 Å². The molecule has 1 heterocycles. The summed E-state index contributed by atoms with van der Waals surface area (Å²) < 4.78 is 1.32. The first-order chi connectivity index (χ1) is 13.3. The first-order valence-electron chi connectivity index (χ1n) is 9.13. The van der Waals surface area contributed by atoms with Gasteiger partial charge in [-0.15, -0.1) is 0 Å². The number of rotatable bonds is 8. The molecule has 0 spiro atoms. The number of nitrogen functional groups attached to an aromatic ring is 1. The molecule has 0 bridgehead atoms. The summed E-state index contributed by atoms with van der Waals surface area (Å²) in [7, 11) is 1.58. The standard InChI is InChI=1S/C19H26ClN5O3/c1-4-5-10-25-17(21)16(18(27)23-19(25)28)24(3)11-15(26)22-12(2)13-8-6-7-9-14(13)20/h6-9,12H,4-5,10-11,21H2,1-3H3,(H,22,26)(H,23,27,28). The first-order valence-corrected chi connectivity index (χ1v) is 9.51. The van der Waals surface area contributed by atoms with Crippen LogP contribution in [-0.4, -0.2) is 29.1 Å². The first kappa shape index (κ1) is 21.6. The van der Waals surface area contributed by atoms with Crippen molar-refractivity contribution in [1.29, 1.82) is 0 Å². The Kier molecular flexibility index (Phi) is 7.28. The van der Waals surface area contributed by atoms with Gasteiger partial charge in [0.15, 0.2) is 0 Å². The van der Waals surface area contributed by atoms with Gasteiger partial charge in [-0.1, -0.05) is 43.1 Å². The van der Waals surface area contributed by atoms with Crippen LogP contribution in [0, 0.1) is 0 Å². The molecule has 1 aromatic carbocycles. The molecule has 0 fully saturated rings. The zero-order valence-corrected chi connectivity index (χ0v) is 17.0. The molecule has 4 N–H and O–H groups in total. The van der Waals surface area contributed by atoms with Crippen LogP contribution in [0.1, 0.15) is 38.3 Å². The van der Waals surface area contributed by atoms with Gasteiger partial charge in [-0.2, -0.15) is 0 Å². The molecule has 9 heteroatoms. The van der Waals surface area contributed by atoms with Gasteiger partial charge in [0.05, 0.1) is 12.6 Å². The largest absolute Gasteiger partial charge is 0.383 e. The van der Waals surface area contributed by atoms with E-state index in [2.05, 4.69) is 10.3 Å². The van der Waals surface area contributed by atoms with Crippen molar-refractivity contribution in [2.24, 2.45) is 0 Å². The molecule has 152 valence electrons. The van der Waals surface area contributed by atoms with Gasteiger partial charge in [-0.3, -0.25) is 19.1 Å². The molecule has 0 aliphatic rings. The molecule has 0 aliphatic carbocycles. The minimum absolute atomic E-state index is 0.0525. The number of hydrogen-bond acceptors (Lipinski definition) is 5. The fourth-order valence-electron chi connectivity index (χ4n) is 2.97. The van der Waals surface area contributed by atoms with Gasteiger partial charge in [-0.25, -0.2) is 4.79 Å². The lowest BCUT2D eigenvalue weighted by Gasteiger charge is -2.23. The number of amides is 1. The molecule has 0 saturated heterocycles. The number of aromatic amines is 1. The van der Waals surface area contributed by atoms with E-state index in [1.807, 2.05) is 32.0 Å². The Balaban J connectivity index is 2.17. The molecule has 2 aromatic rings. The Morgan fingerprint density at radius 2 is 2.04 bits per heavy atom. The van der Waals surface area contributed by atoms with Crippen LogP contribution in [0.2, 0.25) is 5.02 Å². The summed E-state index contributed by atoms with van der Waals surface area (Å²) in [5.74, 6) is -0.253. The van der Waals surface area contributed by atoms with E-state index in [0.717, 1.165) is 18.4 Å². The average Bonchev–Trinajstić information content (AvgIpc) is 2.61. The predicted octanol–water partition coefficient (Wildman–Crippen LogP) is 1.89. The van der Waals surface area contributed by atoms with Crippen LogP contribution in [0.25, 0.3) is 0 Å². The summed E-state index contributed by atoms with van der Waals surface area (Å²) in [6, 6.07) is 6.95. The van der Waals surface area contributed by atoms with Gasteiger partial charge in [0, 0.05) is 18.6 Å². The van der Waals surface area contributed by atoms with Gasteiger partial charge >= 0.3 is 5.69 Å². The highest BCUT2D eigenvalue weighted by molar-refractivity contribution is 6.31. The van der Waals surface area contributed by atoms with E-state index in [-0.39, 0.29) is 30.0 Å². The number of carbonyl (C=O) groups is 1. The second-order valence-electron chi connectivity index (χ2n) is 6.67. The number of hydrogen-bond donors (Lipinski definition) is 3. The van der Waals surface area contributed by atoms with Crippen LogP contribution in [0.15, 0.2) is 33.9 Å². The maximum absolute atomic E-state index is 12.5. The van der Waals surface area contributed by atoms with Crippen molar-refractivity contribution in [3.05, 3.63) is 55.7 Å². The summed E-state index contributed by atoms with van der Waals surface area (Å²) in [6.07, 6.45) is 1.62. The lowest BCUT2D eigenvalue weighted by atomic mass is 10.1. The molecule has 8 nitrogen and oxygen atoms in total. The van der Waals surface area contributed by atoms with Gasteiger partial charge in [0.25, 0.3) is 5.56 Å². The Morgan fingerprint density at radius 1 is 1.36 bits per heavy atom. The number of carbonyl (C=O) groups excluding carboxylic acids is 1. The SMILES string of the molecule is CCCCn1c(N)c(N(C)CC(=O)NC(C)c2ccccc2Cl)c(=O)[nH]c1=O. The number of nitrogens with two attached hydrogens (primary N) is 1. The van der Waals surface area contributed by atoms with Crippen LogP contribution in [0.4, 0.5) is 11.5 Å². The molecule has 0 radical (unpaired) electrons. The maximum atomic E-state index is 12.5. The van der Waals surface area contributed by atoms with Gasteiger partial charge in [0.2, 0.25) is 5.91 Å². The summed E-state index contributed by atoms with van der Waals surface area (Å²) in [5.41, 5.74) is 5.79. The van der Waals surface area contributed by atoms with Crippen LogP contribution in [-0.2, 0) is 11.3 Å². The smallest absolute Gasteiger partial charge is 0.330 e. The molecule has 0 saturated carbocycles. The second-order valence-corrected chi connectivity index (χ2v) is 7.07. The average molecular weight is 408 g/mol. The van der Waals surface area contributed by atoms with Crippen LogP contribution < -0.4 is 27.2 Å². The van der Waals surface area contributed by atoms with E-state index in [4.69, 9.17) is 17.3 Å². The summed E-state index contributed by atoms with van der Waals surface area (Å²) >= 11 is 6.16. The van der Waals surface area contributed by atoms with Crippen molar-refractivity contribution < 1.29 is 4.79 Å². The second kappa shape index (κ2) is 9.45. The summed E-state index contributed by atoms with van der Waals surface area (Å²) in [6.45, 7) is 4.11. The number of nitrogens with one attached hydrogen (secondary N) is 2. The Hall–Kier alpha value is -2.74. The topological polar surface area (TPSA) is 113 Å². The van der Waals surface area contributed by atoms with Crippen molar-refractivity contribution in [2.75, 3.05) is 24.2 Å². The number of anilines is 2. The number of aromatic nitrogens is 2. The quantitative estimate of drug-likeness (QED) is 0.618. The van der Waals surface area contributed by atoms with Crippen molar-refractivity contribution in [2.45, 2.75) is 39.3 Å². The minimum Gasteiger partial charge on any atom is -0.383 e. The lowest BCUT2D eigenvalue weighted by molar-refractivity contribution is -0.120. The van der Waals surface area contributed by atoms with E-state index in [1.165, 1.54) is 9.47 Å². The molecule has 1 atom stereocenters. The number of benzene rings is 1. The third-order valence-corrected chi connectivity index (χ3v) is 4.81. The van der Waals surface area contributed by atoms with Crippen LogP contribution in [0.5, 0.6) is 0 Å². The number of nitrogens with zero attached hydrogens (tertiary/aromatic N) is 2. The normalized spacial score (nSPS) is 11.9. The molecular weight excluding hydrogens is 382 g/mol. The van der Waals surface area contributed by atoms with Crippen molar-refractivity contribution in [3.63, 3.8) is 0 Å². The number of H-pyrrole nitrogens is 1. The maximum Gasteiger partial charge on any atom is 0.330 e. The Bertz CT molecular complexity index is 953. The van der Waals surface area contributed by atoms with Crippen LogP contribution in [0.3, 0.4) is 0 Å². The fraction of sp³-hybridized carbons (Fsp3) is 0.421. The Labute approximate surface area is 168 Å². The van der Waals surface area contributed by atoms with E-state index < -0.39 is 11.2 Å². The molecule has 0 aliphatic heterocycles. The zero-order chi connectivity index (χ0) is 20.8. The lowest BCUT2D eigenvalue weighted by Crippen LogP contribution is -2.41. The molecule has 2 rings (SSSR count). The van der Waals surface area contributed by atoms with E-state index in [1.54, 1.807) is 13.1 Å². The minimum atomic E-state index is -0.621. The number of halogens is 1. The van der Waals surface area contributed by atoms with Gasteiger partial charge in [0.1, 0.15) is 11.5 Å². The predicted molar refractivity (Wildman–Crippen MR) is 112 cm³/mol. The van der Waals surface area contributed by atoms with Crippen molar-refractivity contribution in [3.8, 4) is 0 Å². The Morgan fingerprint density at radius 3 is 2.68 bits per heavy atom. The zero-order valence-electron chi connectivity index (χ0n) is 16.3. The molecular formula is C19H26ClN5O3. The highest BCUT2D eigenvalue weighted by Crippen LogP contribution is 2.22. The summed E-state index contributed by atoms with van der Waals surface area (Å²) in [4.78, 5) is 40.4. The van der Waals surface area contributed by atoms with E-state index in [0.29, 0.717) is 11.6 Å².